The van der Waals surface area contributed by atoms with Gasteiger partial charge in [0.25, 0.3) is 8.32 Å². The molecule has 2 aromatic rings. The van der Waals surface area contributed by atoms with E-state index in [1.807, 2.05) is 36.4 Å². The second-order valence-corrected chi connectivity index (χ2v) is 15.2. The lowest BCUT2D eigenvalue weighted by Crippen LogP contribution is -2.67. The summed E-state index contributed by atoms with van der Waals surface area (Å²) in [4.78, 5) is 0. The minimum atomic E-state index is -3.18. The molecule has 0 saturated carbocycles. The van der Waals surface area contributed by atoms with Gasteiger partial charge in [-0.2, -0.15) is 0 Å². The van der Waals surface area contributed by atoms with Gasteiger partial charge in [0.05, 0.1) is 19.8 Å². The highest BCUT2D eigenvalue weighted by molar-refractivity contribution is 7.53. The van der Waals surface area contributed by atoms with Crippen LogP contribution in [0.1, 0.15) is 34.6 Å². The van der Waals surface area contributed by atoms with E-state index in [0.717, 1.165) is 10.4 Å². The molecule has 0 aliphatic carbocycles. The highest BCUT2D eigenvalue weighted by Crippen LogP contribution is 2.47. The van der Waals surface area contributed by atoms with Gasteiger partial charge in [-0.25, -0.2) is 0 Å². The van der Waals surface area contributed by atoms with Gasteiger partial charge >= 0.3 is 7.60 Å². The van der Waals surface area contributed by atoms with Crippen LogP contribution in [0, 0.1) is 0 Å². The Kier molecular flexibility index (Phi) is 10.3. The van der Waals surface area contributed by atoms with Gasteiger partial charge in [-0.05, 0) is 22.3 Å². The van der Waals surface area contributed by atoms with Crippen molar-refractivity contribution in [3.8, 4) is 0 Å². The fourth-order valence-corrected chi connectivity index (χ4v) is 9.40. The van der Waals surface area contributed by atoms with Gasteiger partial charge in [0.15, 0.2) is 6.79 Å². The summed E-state index contributed by atoms with van der Waals surface area (Å²) in [5.74, 6) is 0. The van der Waals surface area contributed by atoms with E-state index in [1.54, 1.807) is 13.8 Å². The molecule has 2 atom stereocenters. The predicted molar refractivity (Wildman–Crippen MR) is 131 cm³/mol. The molecule has 8 heteroatoms. The normalized spacial score (nSPS) is 15.3. The molecular formula is C24H37O6PSi. The van der Waals surface area contributed by atoms with Crippen LogP contribution in [0.4, 0.5) is 0 Å². The van der Waals surface area contributed by atoms with Crippen molar-refractivity contribution in [2.75, 3.05) is 32.8 Å². The third-order valence-corrected chi connectivity index (χ3v) is 12.3. The molecule has 0 radical (unpaired) electrons. The highest BCUT2D eigenvalue weighted by Gasteiger charge is 2.50. The molecule has 0 aromatic heterocycles. The first-order chi connectivity index (χ1) is 15.2. The summed E-state index contributed by atoms with van der Waals surface area (Å²) in [6.07, 6.45) is -0.365. The van der Waals surface area contributed by atoms with Crippen molar-refractivity contribution in [2.24, 2.45) is 0 Å². The minimum absolute atomic E-state index is 0.179. The summed E-state index contributed by atoms with van der Waals surface area (Å²) in [6.45, 7) is 10.1. The zero-order chi connectivity index (χ0) is 23.7. The number of hydrogen-bond acceptors (Lipinski definition) is 6. The van der Waals surface area contributed by atoms with Crippen molar-refractivity contribution < 1.29 is 27.9 Å². The fourth-order valence-electron chi connectivity index (χ4n) is 3.76. The van der Waals surface area contributed by atoms with Gasteiger partial charge in [-0.1, -0.05) is 88.4 Å². The molecule has 1 N–H and O–H groups in total. The third kappa shape index (κ3) is 6.61. The van der Waals surface area contributed by atoms with Crippen LogP contribution in [0.3, 0.4) is 0 Å². The number of rotatable bonds is 13. The molecule has 0 aliphatic heterocycles. The van der Waals surface area contributed by atoms with Crippen molar-refractivity contribution in [2.45, 2.75) is 45.8 Å². The average Bonchev–Trinajstić information content (AvgIpc) is 2.79. The van der Waals surface area contributed by atoms with Gasteiger partial charge in [-0.3, -0.25) is 9.09 Å². The van der Waals surface area contributed by atoms with E-state index in [1.165, 1.54) is 0 Å². The van der Waals surface area contributed by atoms with Crippen LogP contribution in [0.25, 0.3) is 0 Å². The molecule has 0 spiro atoms. The van der Waals surface area contributed by atoms with Crippen molar-refractivity contribution in [1.82, 2.24) is 0 Å². The van der Waals surface area contributed by atoms with Crippen molar-refractivity contribution >= 4 is 26.3 Å². The van der Waals surface area contributed by atoms with E-state index >= 15 is 0 Å². The van der Waals surface area contributed by atoms with Gasteiger partial charge in [0, 0.05) is 6.16 Å². The first kappa shape index (κ1) is 26.9. The molecule has 2 aromatic carbocycles. The third-order valence-electron chi connectivity index (χ3n) is 5.37. The Hall–Kier alpha value is -1.31. The monoisotopic (exact) mass is 480 g/mol. The van der Waals surface area contributed by atoms with E-state index in [4.69, 9.17) is 18.2 Å². The number of benzene rings is 2. The topological polar surface area (TPSA) is 74.2 Å². The Bertz CT molecular complexity index is 801. The Morgan fingerprint density at radius 3 is 1.88 bits per heavy atom. The van der Waals surface area contributed by atoms with Crippen LogP contribution in [-0.2, 0) is 22.8 Å². The zero-order valence-corrected chi connectivity index (χ0v) is 21.7. The largest absolute Gasteiger partial charge is 0.405 e. The van der Waals surface area contributed by atoms with Crippen LogP contribution < -0.4 is 10.4 Å². The summed E-state index contributed by atoms with van der Waals surface area (Å²) in [5, 5.41) is 12.0. The Morgan fingerprint density at radius 1 is 0.938 bits per heavy atom. The zero-order valence-electron chi connectivity index (χ0n) is 19.8. The molecule has 0 saturated heterocycles. The standard InChI is InChI=1S/C24H37O6PSi/c1-6-28-31(26,7-2)29-20-27-21(18-25)19-30-32(24(3,4)5,22-14-10-8-11-15-22)23-16-12-9-13-17-23/h8-17,21,25H,6-7,18-20H2,1-5H3. The lowest BCUT2D eigenvalue weighted by atomic mass is 10.2. The number of ether oxygens (including phenoxy) is 1. The lowest BCUT2D eigenvalue weighted by Gasteiger charge is -2.43. The SMILES string of the molecule is CCOP(=O)(CC)OCOC(CO)CO[Si](c1ccccc1)(c1ccccc1)C(C)(C)C. The van der Waals surface area contributed by atoms with Gasteiger partial charge in [0.2, 0.25) is 0 Å². The molecule has 178 valence electrons. The summed E-state index contributed by atoms with van der Waals surface area (Å²) in [5.41, 5.74) is 0. The first-order valence-corrected chi connectivity index (χ1v) is 14.7. The Balaban J connectivity index is 2.25. The molecule has 2 unspecified atom stereocenters. The number of hydrogen-bond donors (Lipinski definition) is 1. The predicted octanol–water partition coefficient (Wildman–Crippen LogP) is 4.16. The smallest absolute Gasteiger partial charge is 0.332 e. The van der Waals surface area contributed by atoms with Crippen molar-refractivity contribution in [1.29, 1.82) is 0 Å². The first-order valence-electron chi connectivity index (χ1n) is 11.1. The van der Waals surface area contributed by atoms with Crippen LogP contribution >= 0.6 is 7.60 Å². The molecule has 6 nitrogen and oxygen atoms in total. The molecule has 32 heavy (non-hydrogen) atoms. The molecule has 0 bridgehead atoms. The fraction of sp³-hybridized carbons (Fsp3) is 0.500. The molecule has 0 aliphatic rings. The summed E-state index contributed by atoms with van der Waals surface area (Å²) in [7, 11) is -5.91. The van der Waals surface area contributed by atoms with Crippen LogP contribution in [0.15, 0.2) is 60.7 Å². The van der Waals surface area contributed by atoms with E-state index in [9.17, 15) is 9.67 Å². The maximum atomic E-state index is 12.5. The van der Waals surface area contributed by atoms with Crippen LogP contribution in [0.5, 0.6) is 0 Å². The van der Waals surface area contributed by atoms with Crippen molar-refractivity contribution in [3.63, 3.8) is 0 Å². The Morgan fingerprint density at radius 2 is 1.47 bits per heavy atom. The highest BCUT2D eigenvalue weighted by atomic mass is 31.2. The molecule has 0 heterocycles. The second kappa shape index (κ2) is 12.2. The van der Waals surface area contributed by atoms with Crippen molar-refractivity contribution in [3.05, 3.63) is 60.7 Å². The van der Waals surface area contributed by atoms with Gasteiger partial charge in [-0.15, -0.1) is 0 Å². The number of aliphatic hydroxyl groups is 1. The minimum Gasteiger partial charge on any atom is -0.405 e. The van der Waals surface area contributed by atoms with E-state index in [-0.39, 0.29) is 31.2 Å². The Labute approximate surface area is 193 Å². The second-order valence-electron chi connectivity index (χ2n) is 8.54. The maximum Gasteiger partial charge on any atom is 0.332 e. The van der Waals surface area contributed by atoms with Crippen LogP contribution in [-0.4, -0.2) is 52.3 Å². The molecule has 2 rings (SSSR count). The summed E-state index contributed by atoms with van der Waals surface area (Å²) in [6, 6.07) is 20.6. The van der Waals surface area contributed by atoms with Gasteiger partial charge in [0.1, 0.15) is 6.10 Å². The van der Waals surface area contributed by atoms with E-state index in [0.29, 0.717) is 6.61 Å². The summed E-state index contributed by atoms with van der Waals surface area (Å²) < 4.78 is 35.5. The quantitative estimate of drug-likeness (QED) is 0.264. The average molecular weight is 481 g/mol. The maximum absolute atomic E-state index is 12.5. The van der Waals surface area contributed by atoms with Crippen LogP contribution in [0.2, 0.25) is 5.04 Å². The summed E-state index contributed by atoms with van der Waals surface area (Å²) >= 11 is 0. The lowest BCUT2D eigenvalue weighted by molar-refractivity contribution is -0.0775. The van der Waals surface area contributed by atoms with Gasteiger partial charge < -0.3 is 18.8 Å². The number of aliphatic hydroxyl groups excluding tert-OH is 1. The molecule has 0 amide bonds. The van der Waals surface area contributed by atoms with E-state index < -0.39 is 22.0 Å². The molecule has 0 fully saturated rings. The van der Waals surface area contributed by atoms with E-state index in [2.05, 4.69) is 45.0 Å². The molecular weight excluding hydrogens is 443 g/mol.